The predicted octanol–water partition coefficient (Wildman–Crippen LogP) is 1.70. The standard InChI is InChI=1S/C18H26N6O2/c1-22(12-17-15-5-3-6-16(15)19-20-17)10-13-9-14-11-23(18(25)26-2)7-4-8-24(14)21-13/h9H,3-8,10-12H2,1-2H3,(H,19,20). The molecular formula is C18H26N6O2. The van der Waals surface area contributed by atoms with Gasteiger partial charge in [-0.2, -0.15) is 10.2 Å². The largest absolute Gasteiger partial charge is 0.453 e. The molecule has 26 heavy (non-hydrogen) atoms. The number of amides is 1. The molecule has 1 N–H and O–H groups in total. The van der Waals surface area contributed by atoms with E-state index >= 15 is 0 Å². The lowest BCUT2D eigenvalue weighted by Gasteiger charge is -2.17. The fourth-order valence-corrected chi connectivity index (χ4v) is 3.99. The minimum absolute atomic E-state index is 0.272. The van der Waals surface area contributed by atoms with Gasteiger partial charge in [0, 0.05) is 31.9 Å². The van der Waals surface area contributed by atoms with E-state index in [-0.39, 0.29) is 6.09 Å². The van der Waals surface area contributed by atoms with Crippen LogP contribution in [0.3, 0.4) is 0 Å². The molecule has 1 amide bonds. The summed E-state index contributed by atoms with van der Waals surface area (Å²) in [6.07, 6.45) is 4.10. The van der Waals surface area contributed by atoms with Crippen LogP contribution in [0.2, 0.25) is 0 Å². The molecule has 0 spiro atoms. The average molecular weight is 358 g/mol. The van der Waals surface area contributed by atoms with Crippen molar-refractivity contribution < 1.29 is 9.53 Å². The van der Waals surface area contributed by atoms with E-state index in [9.17, 15) is 4.79 Å². The van der Waals surface area contributed by atoms with Gasteiger partial charge in [-0.1, -0.05) is 0 Å². The summed E-state index contributed by atoms with van der Waals surface area (Å²) in [5.74, 6) is 0. The molecule has 0 aromatic carbocycles. The molecule has 140 valence electrons. The first kappa shape index (κ1) is 17.1. The van der Waals surface area contributed by atoms with Gasteiger partial charge in [-0.3, -0.25) is 14.7 Å². The molecule has 0 atom stereocenters. The van der Waals surface area contributed by atoms with Crippen LogP contribution in [0.15, 0.2) is 6.07 Å². The zero-order chi connectivity index (χ0) is 18.1. The molecule has 2 aromatic heterocycles. The van der Waals surface area contributed by atoms with Crippen LogP contribution in [0.5, 0.6) is 0 Å². The van der Waals surface area contributed by atoms with E-state index in [1.165, 1.54) is 24.8 Å². The molecule has 8 nitrogen and oxygen atoms in total. The number of ether oxygens (including phenoxy) is 1. The number of fused-ring (bicyclic) bond motifs is 2. The molecule has 2 aromatic rings. The molecule has 1 aliphatic heterocycles. The molecule has 0 fully saturated rings. The van der Waals surface area contributed by atoms with E-state index in [2.05, 4.69) is 28.2 Å². The molecule has 4 rings (SSSR count). The van der Waals surface area contributed by atoms with Crippen molar-refractivity contribution in [2.75, 3.05) is 20.7 Å². The summed E-state index contributed by atoms with van der Waals surface area (Å²) in [4.78, 5) is 15.8. The lowest BCUT2D eigenvalue weighted by atomic mass is 10.2. The number of nitrogens with zero attached hydrogens (tertiary/aromatic N) is 5. The van der Waals surface area contributed by atoms with E-state index in [4.69, 9.17) is 9.84 Å². The smallest absolute Gasteiger partial charge is 0.409 e. The van der Waals surface area contributed by atoms with Gasteiger partial charge in [0.15, 0.2) is 0 Å². The number of aromatic amines is 1. The summed E-state index contributed by atoms with van der Waals surface area (Å²) >= 11 is 0. The number of rotatable bonds is 4. The number of hydrogen-bond donors (Lipinski definition) is 1. The van der Waals surface area contributed by atoms with Gasteiger partial charge in [0.2, 0.25) is 0 Å². The van der Waals surface area contributed by atoms with Crippen LogP contribution < -0.4 is 0 Å². The van der Waals surface area contributed by atoms with Gasteiger partial charge < -0.3 is 9.64 Å². The van der Waals surface area contributed by atoms with Crippen molar-refractivity contribution in [1.82, 2.24) is 29.8 Å². The number of aryl methyl sites for hydroxylation is 2. The lowest BCUT2D eigenvalue weighted by Crippen LogP contribution is -2.30. The van der Waals surface area contributed by atoms with Crippen LogP contribution in [-0.2, 0) is 43.8 Å². The molecule has 8 heteroatoms. The summed E-state index contributed by atoms with van der Waals surface area (Å²) in [7, 11) is 3.53. The van der Waals surface area contributed by atoms with Crippen LogP contribution in [-0.4, -0.2) is 56.6 Å². The summed E-state index contributed by atoms with van der Waals surface area (Å²) < 4.78 is 6.89. The number of methoxy groups -OCH3 is 1. The Hall–Kier alpha value is -2.35. The Morgan fingerprint density at radius 2 is 2.19 bits per heavy atom. The van der Waals surface area contributed by atoms with E-state index in [1.807, 2.05) is 4.68 Å². The topological polar surface area (TPSA) is 79.3 Å². The van der Waals surface area contributed by atoms with Gasteiger partial charge in [0.1, 0.15) is 0 Å². The second-order valence-corrected chi connectivity index (χ2v) is 7.25. The number of H-pyrrole nitrogens is 1. The van der Waals surface area contributed by atoms with Crippen molar-refractivity contribution in [2.45, 2.75) is 51.9 Å². The molecule has 0 saturated heterocycles. The van der Waals surface area contributed by atoms with Gasteiger partial charge in [0.05, 0.1) is 30.7 Å². The number of nitrogens with one attached hydrogen (secondary N) is 1. The van der Waals surface area contributed by atoms with Crippen molar-refractivity contribution in [3.05, 3.63) is 34.4 Å². The molecule has 0 unspecified atom stereocenters. The minimum atomic E-state index is -0.272. The van der Waals surface area contributed by atoms with Gasteiger partial charge in [0.25, 0.3) is 0 Å². The Morgan fingerprint density at radius 3 is 3.04 bits per heavy atom. The van der Waals surface area contributed by atoms with Gasteiger partial charge in [-0.15, -0.1) is 0 Å². The zero-order valence-corrected chi connectivity index (χ0v) is 15.5. The summed E-state index contributed by atoms with van der Waals surface area (Å²) in [5.41, 5.74) is 5.98. The first-order valence-corrected chi connectivity index (χ1v) is 9.26. The maximum atomic E-state index is 11.8. The fourth-order valence-electron chi connectivity index (χ4n) is 3.99. The van der Waals surface area contributed by atoms with Crippen molar-refractivity contribution in [1.29, 1.82) is 0 Å². The molecule has 0 radical (unpaired) electrons. The molecule has 2 aliphatic rings. The van der Waals surface area contributed by atoms with E-state index in [1.54, 1.807) is 4.90 Å². The van der Waals surface area contributed by atoms with Crippen molar-refractivity contribution in [2.24, 2.45) is 0 Å². The lowest BCUT2D eigenvalue weighted by molar-refractivity contribution is 0.121. The first-order chi connectivity index (χ1) is 12.6. The van der Waals surface area contributed by atoms with Gasteiger partial charge in [-0.05, 0) is 44.4 Å². The third kappa shape index (κ3) is 3.33. The predicted molar refractivity (Wildman–Crippen MR) is 95.4 cm³/mol. The normalized spacial score (nSPS) is 16.5. The summed E-state index contributed by atoms with van der Waals surface area (Å²) in [5, 5.41) is 12.4. The highest BCUT2D eigenvalue weighted by Crippen LogP contribution is 2.24. The van der Waals surface area contributed by atoms with E-state index < -0.39 is 0 Å². The van der Waals surface area contributed by atoms with Crippen molar-refractivity contribution in [3.8, 4) is 0 Å². The Balaban J connectivity index is 1.42. The van der Waals surface area contributed by atoms with Crippen molar-refractivity contribution in [3.63, 3.8) is 0 Å². The van der Waals surface area contributed by atoms with Crippen LogP contribution >= 0.6 is 0 Å². The Labute approximate surface area is 153 Å². The minimum Gasteiger partial charge on any atom is -0.453 e. The molecule has 0 saturated carbocycles. The molecule has 0 bridgehead atoms. The van der Waals surface area contributed by atoms with Crippen LogP contribution in [0.4, 0.5) is 4.79 Å². The van der Waals surface area contributed by atoms with Crippen LogP contribution in [0.25, 0.3) is 0 Å². The Kier molecular flexibility index (Phi) is 4.67. The highest BCUT2D eigenvalue weighted by atomic mass is 16.5. The maximum absolute atomic E-state index is 11.8. The molecular weight excluding hydrogens is 332 g/mol. The summed E-state index contributed by atoms with van der Waals surface area (Å²) in [6.45, 7) is 3.67. The quantitative estimate of drug-likeness (QED) is 0.900. The number of carbonyl (C=O) groups excluding carboxylic acids is 1. The third-order valence-electron chi connectivity index (χ3n) is 5.24. The summed E-state index contributed by atoms with van der Waals surface area (Å²) in [6, 6.07) is 2.10. The van der Waals surface area contributed by atoms with Crippen molar-refractivity contribution >= 4 is 6.09 Å². The third-order valence-corrected chi connectivity index (χ3v) is 5.24. The highest BCUT2D eigenvalue weighted by molar-refractivity contribution is 5.67. The highest BCUT2D eigenvalue weighted by Gasteiger charge is 2.22. The maximum Gasteiger partial charge on any atom is 0.409 e. The van der Waals surface area contributed by atoms with Gasteiger partial charge in [-0.25, -0.2) is 4.79 Å². The van der Waals surface area contributed by atoms with Crippen LogP contribution in [0, 0.1) is 0 Å². The fraction of sp³-hybridized carbons (Fsp3) is 0.611. The second-order valence-electron chi connectivity index (χ2n) is 7.25. The number of carbonyl (C=O) groups is 1. The van der Waals surface area contributed by atoms with Gasteiger partial charge >= 0.3 is 6.09 Å². The van der Waals surface area contributed by atoms with E-state index in [0.29, 0.717) is 13.1 Å². The average Bonchev–Trinajstić information content (AvgIpc) is 3.29. The number of aromatic nitrogens is 4. The van der Waals surface area contributed by atoms with E-state index in [0.717, 1.165) is 56.0 Å². The first-order valence-electron chi connectivity index (χ1n) is 9.26. The number of hydrogen-bond acceptors (Lipinski definition) is 5. The zero-order valence-electron chi connectivity index (χ0n) is 15.5. The molecule has 1 aliphatic carbocycles. The monoisotopic (exact) mass is 358 g/mol. The Morgan fingerprint density at radius 1 is 1.31 bits per heavy atom. The SMILES string of the molecule is COC(=O)N1CCCn2nc(CN(C)Cc3n[nH]c4c3CCC4)cc2C1. The van der Waals surface area contributed by atoms with Crippen LogP contribution in [0.1, 0.15) is 41.2 Å². The Bertz CT molecular complexity index is 796. The molecule has 3 heterocycles. The second kappa shape index (κ2) is 7.11.